The Bertz CT molecular complexity index is 113. The minimum atomic E-state index is -0.897. The van der Waals surface area contributed by atoms with E-state index in [1.54, 1.807) is 0 Å². The van der Waals surface area contributed by atoms with E-state index in [2.05, 4.69) is 20.8 Å². The van der Waals surface area contributed by atoms with Crippen molar-refractivity contribution in [2.24, 2.45) is 0 Å². The fraction of sp³-hybridized carbons (Fsp3) is 0.800. The van der Waals surface area contributed by atoms with Crippen molar-refractivity contribution in [2.45, 2.75) is 40.5 Å². The molecule has 0 aliphatic carbocycles. The molecule has 0 amide bonds. The van der Waals surface area contributed by atoms with Gasteiger partial charge >= 0.3 is 24.8 Å². The number of carboxylic acid groups (broad SMARTS) is 1. The number of hydrogen-bond acceptors (Lipinski definition) is 2. The molecule has 80 valence electrons. The van der Waals surface area contributed by atoms with Crippen LogP contribution in [0.2, 0.25) is 0 Å². The smallest absolute Gasteiger partial charge is 0.480 e. The molecule has 0 fully saturated rings. The molecular weight excluding hydrogens is 175 g/mol. The van der Waals surface area contributed by atoms with Gasteiger partial charge in [0.05, 0.1) is 0 Å². The average molecular weight is 196 g/mol. The molecule has 1 N–H and O–H groups in total. The van der Waals surface area contributed by atoms with E-state index < -0.39 is 5.97 Å². The van der Waals surface area contributed by atoms with Crippen LogP contribution in [0, 0.1) is 5.92 Å². The number of aliphatic carboxylic acids is 1. The van der Waals surface area contributed by atoms with Gasteiger partial charge in [-0.1, -0.05) is 13.3 Å². The first-order valence-electron chi connectivity index (χ1n) is 4.57. The molecule has 0 aromatic rings. The maximum Gasteiger partial charge on any atom is 1.00 e. The van der Waals surface area contributed by atoms with Crippen molar-refractivity contribution in [3.63, 3.8) is 0 Å². The zero-order valence-corrected chi connectivity index (χ0v) is 10.1. The first-order valence-corrected chi connectivity index (χ1v) is 4.57. The zero-order chi connectivity index (χ0) is 10.7. The third-order valence-corrected chi connectivity index (χ3v) is 0.868. The molecule has 0 bridgehead atoms. The van der Waals surface area contributed by atoms with E-state index in [9.17, 15) is 4.79 Å². The molecule has 0 saturated carbocycles. The van der Waals surface area contributed by atoms with Crippen LogP contribution in [0.4, 0.5) is 0 Å². The molecule has 0 unspecified atom stereocenters. The minimum Gasteiger partial charge on any atom is -0.480 e. The minimum absolute atomic E-state index is 0. The molecule has 0 heterocycles. The normalized spacial score (nSPS) is 8.64. The van der Waals surface area contributed by atoms with E-state index in [4.69, 9.17) is 9.84 Å². The molecule has 0 rings (SSSR count). The van der Waals surface area contributed by atoms with Gasteiger partial charge in [-0.3, -0.25) is 0 Å². The summed E-state index contributed by atoms with van der Waals surface area (Å²) in [5.41, 5.74) is 0. The number of carboxylic acids is 1. The SMILES string of the molecule is CCCCOCC(=O)O.C[C-](C)C.[Li+]. The summed E-state index contributed by atoms with van der Waals surface area (Å²) in [5.74, 6) is 0.520. The Morgan fingerprint density at radius 1 is 1.36 bits per heavy atom. The number of unbranched alkanes of at least 4 members (excludes halogenated alkanes) is 1. The van der Waals surface area contributed by atoms with Crippen molar-refractivity contribution in [3.8, 4) is 0 Å². The third kappa shape index (κ3) is 40.3. The number of rotatable bonds is 5. The van der Waals surface area contributed by atoms with Crippen LogP contribution in [0.15, 0.2) is 0 Å². The van der Waals surface area contributed by atoms with Crippen LogP contribution in [0.3, 0.4) is 0 Å². The second kappa shape index (κ2) is 15.5. The molecule has 0 aliphatic rings. The van der Waals surface area contributed by atoms with Crippen LogP contribution in [-0.4, -0.2) is 24.3 Å². The van der Waals surface area contributed by atoms with Crippen LogP contribution < -0.4 is 18.9 Å². The van der Waals surface area contributed by atoms with E-state index in [1.807, 2.05) is 6.92 Å². The van der Waals surface area contributed by atoms with Gasteiger partial charge in [0.1, 0.15) is 6.61 Å². The quantitative estimate of drug-likeness (QED) is 0.367. The van der Waals surface area contributed by atoms with E-state index in [-0.39, 0.29) is 25.5 Å². The Hall–Kier alpha value is 0.0274. The summed E-state index contributed by atoms with van der Waals surface area (Å²) in [6.07, 6.45) is 1.98. The second-order valence-corrected chi connectivity index (χ2v) is 3.30. The summed E-state index contributed by atoms with van der Waals surface area (Å²) in [6, 6.07) is 0. The van der Waals surface area contributed by atoms with Gasteiger partial charge in [0.15, 0.2) is 0 Å². The summed E-state index contributed by atoms with van der Waals surface area (Å²) < 4.78 is 4.74. The van der Waals surface area contributed by atoms with Crippen molar-refractivity contribution >= 4 is 5.97 Å². The van der Waals surface area contributed by atoms with Crippen LogP contribution in [0.25, 0.3) is 0 Å². The summed E-state index contributed by atoms with van der Waals surface area (Å²) in [7, 11) is 0. The van der Waals surface area contributed by atoms with Gasteiger partial charge in [0.25, 0.3) is 0 Å². The van der Waals surface area contributed by atoms with Crippen LogP contribution in [-0.2, 0) is 9.53 Å². The van der Waals surface area contributed by atoms with Crippen molar-refractivity contribution in [2.75, 3.05) is 13.2 Å². The van der Waals surface area contributed by atoms with Gasteiger partial charge in [-0.15, -0.1) is 0 Å². The summed E-state index contributed by atoms with van der Waals surface area (Å²) in [4.78, 5) is 9.84. The van der Waals surface area contributed by atoms with Crippen LogP contribution in [0.1, 0.15) is 40.5 Å². The predicted octanol–water partition coefficient (Wildman–Crippen LogP) is -0.488. The Kier molecular flexibility index (Phi) is 21.7. The molecule has 0 atom stereocenters. The molecule has 0 aromatic carbocycles. The predicted molar refractivity (Wildman–Crippen MR) is 53.6 cm³/mol. The van der Waals surface area contributed by atoms with Gasteiger partial charge in [0, 0.05) is 6.61 Å². The first-order chi connectivity index (χ1) is 6.00. The molecule has 0 spiro atoms. The molecular formula is C10H21LiO3. The average Bonchev–Trinajstić information content (AvgIpc) is 1.97. The fourth-order valence-electron chi connectivity index (χ4n) is 0.406. The van der Waals surface area contributed by atoms with Gasteiger partial charge in [-0.05, 0) is 6.42 Å². The topological polar surface area (TPSA) is 46.5 Å². The molecule has 14 heavy (non-hydrogen) atoms. The summed E-state index contributed by atoms with van der Waals surface area (Å²) in [5, 5.41) is 8.09. The van der Waals surface area contributed by atoms with Gasteiger partial charge < -0.3 is 15.8 Å². The van der Waals surface area contributed by atoms with Crippen molar-refractivity contribution in [3.05, 3.63) is 5.92 Å². The largest absolute Gasteiger partial charge is 1.00 e. The molecule has 0 aliphatic heterocycles. The molecule has 4 heteroatoms. The number of hydrogen-bond donors (Lipinski definition) is 1. The maximum absolute atomic E-state index is 9.84. The molecule has 0 aromatic heterocycles. The zero-order valence-electron chi connectivity index (χ0n) is 10.1. The van der Waals surface area contributed by atoms with Crippen molar-refractivity contribution in [1.29, 1.82) is 0 Å². The van der Waals surface area contributed by atoms with Crippen LogP contribution in [0.5, 0.6) is 0 Å². The summed E-state index contributed by atoms with van der Waals surface area (Å²) in [6.45, 7) is 8.67. The Labute approximate surface area is 99.4 Å². The standard InChI is InChI=1S/C6H12O3.C4H9.Li/c1-2-3-4-9-5-6(7)8;1-4(2)3;/h2-5H2,1H3,(H,7,8);1-3H3;/q;-1;+1. The number of carbonyl (C=O) groups is 1. The van der Waals surface area contributed by atoms with Gasteiger partial charge in [-0.2, -0.15) is 20.8 Å². The Balaban J connectivity index is -0.000000209. The van der Waals surface area contributed by atoms with E-state index in [1.165, 1.54) is 5.92 Å². The Morgan fingerprint density at radius 3 is 2.07 bits per heavy atom. The van der Waals surface area contributed by atoms with Gasteiger partial charge in [0.2, 0.25) is 0 Å². The number of ether oxygens (including phenoxy) is 1. The molecule has 0 radical (unpaired) electrons. The fourth-order valence-corrected chi connectivity index (χ4v) is 0.406. The van der Waals surface area contributed by atoms with E-state index in [0.29, 0.717) is 6.61 Å². The monoisotopic (exact) mass is 196 g/mol. The van der Waals surface area contributed by atoms with Crippen molar-refractivity contribution < 1.29 is 33.5 Å². The van der Waals surface area contributed by atoms with E-state index >= 15 is 0 Å². The molecule has 3 nitrogen and oxygen atoms in total. The summed E-state index contributed by atoms with van der Waals surface area (Å²) >= 11 is 0. The van der Waals surface area contributed by atoms with Gasteiger partial charge in [-0.25, -0.2) is 4.79 Å². The second-order valence-electron chi connectivity index (χ2n) is 3.30. The van der Waals surface area contributed by atoms with Crippen LogP contribution >= 0.6 is 0 Å². The Morgan fingerprint density at radius 2 is 1.79 bits per heavy atom. The maximum atomic E-state index is 9.84. The molecule has 0 saturated heterocycles. The van der Waals surface area contributed by atoms with Crippen molar-refractivity contribution in [1.82, 2.24) is 0 Å². The third-order valence-electron chi connectivity index (χ3n) is 0.868. The van der Waals surface area contributed by atoms with E-state index in [0.717, 1.165) is 12.8 Å². The first kappa shape index (κ1) is 19.6.